The molecule has 0 radical (unpaired) electrons. The second-order valence-corrected chi connectivity index (χ2v) is 3.64. The van der Waals surface area contributed by atoms with Crippen LogP contribution in [0.4, 0.5) is 0 Å². The SMILES string of the molecule is CC.Cc1cccc2c1CC(=O)N(C)C2. The quantitative estimate of drug-likeness (QED) is 0.637. The number of carbonyl (C=O) groups is 1. The van der Waals surface area contributed by atoms with Crippen LogP contribution in [0.3, 0.4) is 0 Å². The highest BCUT2D eigenvalue weighted by atomic mass is 16.2. The molecule has 1 aliphatic heterocycles. The predicted octanol–water partition coefficient (Wildman–Crippen LogP) is 2.54. The Balaban J connectivity index is 0.000000531. The highest BCUT2D eigenvalue weighted by molar-refractivity contribution is 5.81. The molecule has 1 heterocycles. The molecule has 0 atom stereocenters. The van der Waals surface area contributed by atoms with E-state index in [2.05, 4.69) is 25.1 Å². The van der Waals surface area contributed by atoms with E-state index >= 15 is 0 Å². The van der Waals surface area contributed by atoms with Crippen molar-refractivity contribution in [2.24, 2.45) is 0 Å². The number of nitrogens with zero attached hydrogens (tertiary/aromatic N) is 1. The number of amides is 1. The lowest BCUT2D eigenvalue weighted by atomic mass is 9.95. The minimum absolute atomic E-state index is 0.224. The zero-order chi connectivity index (χ0) is 11.4. The second-order valence-electron chi connectivity index (χ2n) is 3.64. The third-order valence-corrected chi connectivity index (χ3v) is 2.67. The van der Waals surface area contributed by atoms with E-state index in [0.717, 1.165) is 6.54 Å². The molecule has 1 amide bonds. The molecule has 2 nitrogen and oxygen atoms in total. The summed E-state index contributed by atoms with van der Waals surface area (Å²) >= 11 is 0. The van der Waals surface area contributed by atoms with Crippen LogP contribution in [-0.4, -0.2) is 17.9 Å². The lowest BCUT2D eigenvalue weighted by Gasteiger charge is -2.26. The van der Waals surface area contributed by atoms with Crippen molar-refractivity contribution in [1.82, 2.24) is 4.90 Å². The van der Waals surface area contributed by atoms with Crippen molar-refractivity contribution in [2.75, 3.05) is 7.05 Å². The third-order valence-electron chi connectivity index (χ3n) is 2.67. The number of rotatable bonds is 0. The number of hydrogen-bond donors (Lipinski definition) is 0. The van der Waals surface area contributed by atoms with Crippen LogP contribution in [0.15, 0.2) is 18.2 Å². The summed E-state index contributed by atoms with van der Waals surface area (Å²) in [6, 6.07) is 6.22. The molecule has 0 aliphatic carbocycles. The first-order valence-corrected chi connectivity index (χ1v) is 5.50. The van der Waals surface area contributed by atoms with E-state index in [0.29, 0.717) is 6.42 Å². The molecule has 2 rings (SSSR count). The van der Waals surface area contributed by atoms with Crippen molar-refractivity contribution in [2.45, 2.75) is 33.7 Å². The van der Waals surface area contributed by atoms with Crippen LogP contribution < -0.4 is 0 Å². The molecule has 0 fully saturated rings. The van der Waals surface area contributed by atoms with Crippen molar-refractivity contribution < 1.29 is 4.79 Å². The number of fused-ring (bicyclic) bond motifs is 1. The fourth-order valence-corrected chi connectivity index (χ4v) is 1.79. The maximum atomic E-state index is 11.4. The predicted molar refractivity (Wildman–Crippen MR) is 62.7 cm³/mol. The largest absolute Gasteiger partial charge is 0.341 e. The molecule has 2 heteroatoms. The third kappa shape index (κ3) is 2.38. The zero-order valence-corrected chi connectivity index (χ0v) is 10.0. The van der Waals surface area contributed by atoms with Crippen LogP contribution in [0.5, 0.6) is 0 Å². The number of benzene rings is 1. The molecule has 82 valence electrons. The second kappa shape index (κ2) is 4.96. The van der Waals surface area contributed by atoms with Crippen molar-refractivity contribution in [1.29, 1.82) is 0 Å². The molecular weight excluding hydrogens is 186 g/mol. The smallest absolute Gasteiger partial charge is 0.227 e. The molecule has 1 aromatic carbocycles. The van der Waals surface area contributed by atoms with Gasteiger partial charge in [-0.25, -0.2) is 0 Å². The topological polar surface area (TPSA) is 20.3 Å². The highest BCUT2D eigenvalue weighted by Gasteiger charge is 2.20. The van der Waals surface area contributed by atoms with Gasteiger partial charge in [0.15, 0.2) is 0 Å². The first-order chi connectivity index (χ1) is 7.18. The molecular formula is C13H19NO. The summed E-state index contributed by atoms with van der Waals surface area (Å²) in [4.78, 5) is 13.2. The summed E-state index contributed by atoms with van der Waals surface area (Å²) in [5.74, 6) is 0.224. The fourth-order valence-electron chi connectivity index (χ4n) is 1.79. The first kappa shape index (κ1) is 11.8. The van der Waals surface area contributed by atoms with Crippen molar-refractivity contribution in [3.05, 3.63) is 34.9 Å². The first-order valence-electron chi connectivity index (χ1n) is 5.50. The maximum absolute atomic E-state index is 11.4. The van der Waals surface area contributed by atoms with Crippen LogP contribution in [0, 0.1) is 6.92 Å². The molecule has 1 aromatic rings. The average molecular weight is 205 g/mol. The molecule has 1 aliphatic rings. The minimum atomic E-state index is 0.224. The van der Waals surface area contributed by atoms with Gasteiger partial charge in [0, 0.05) is 13.6 Å². The summed E-state index contributed by atoms with van der Waals surface area (Å²) in [6.45, 7) is 6.83. The Kier molecular flexibility index (Phi) is 3.89. The van der Waals surface area contributed by atoms with Gasteiger partial charge in [0.25, 0.3) is 0 Å². The number of aryl methyl sites for hydroxylation is 1. The van der Waals surface area contributed by atoms with Gasteiger partial charge in [0.1, 0.15) is 0 Å². The van der Waals surface area contributed by atoms with E-state index in [9.17, 15) is 4.79 Å². The van der Waals surface area contributed by atoms with E-state index in [1.165, 1.54) is 16.7 Å². The van der Waals surface area contributed by atoms with Gasteiger partial charge < -0.3 is 4.90 Å². The van der Waals surface area contributed by atoms with Crippen LogP contribution in [-0.2, 0) is 17.8 Å². The van der Waals surface area contributed by atoms with Gasteiger partial charge in [-0.2, -0.15) is 0 Å². The highest BCUT2D eigenvalue weighted by Crippen LogP contribution is 2.21. The zero-order valence-electron chi connectivity index (χ0n) is 10.0. The van der Waals surface area contributed by atoms with E-state index < -0.39 is 0 Å². The molecule has 0 bridgehead atoms. The monoisotopic (exact) mass is 205 g/mol. The molecule has 0 spiro atoms. The van der Waals surface area contributed by atoms with Crippen LogP contribution in [0.1, 0.15) is 30.5 Å². The lowest BCUT2D eigenvalue weighted by molar-refractivity contribution is -0.130. The van der Waals surface area contributed by atoms with E-state index in [4.69, 9.17) is 0 Å². The molecule has 0 aromatic heterocycles. The number of likely N-dealkylation sites (N-methyl/N-ethyl adjacent to an activating group) is 1. The molecule has 0 saturated carbocycles. The van der Waals surface area contributed by atoms with Gasteiger partial charge in [-0.1, -0.05) is 32.0 Å². The van der Waals surface area contributed by atoms with Crippen molar-refractivity contribution in [3.8, 4) is 0 Å². The van der Waals surface area contributed by atoms with Crippen LogP contribution >= 0.6 is 0 Å². The standard InChI is InChI=1S/C11H13NO.C2H6/c1-8-4-3-5-9-7-12(2)11(13)6-10(8)9;1-2/h3-5H,6-7H2,1-2H3;1-2H3. The van der Waals surface area contributed by atoms with Crippen molar-refractivity contribution in [3.63, 3.8) is 0 Å². The van der Waals surface area contributed by atoms with Gasteiger partial charge in [-0.05, 0) is 23.6 Å². The number of hydrogen-bond acceptors (Lipinski definition) is 1. The van der Waals surface area contributed by atoms with Crippen molar-refractivity contribution >= 4 is 5.91 Å². The van der Waals surface area contributed by atoms with E-state index in [1.807, 2.05) is 20.9 Å². The van der Waals surface area contributed by atoms with E-state index in [1.54, 1.807) is 4.90 Å². The Morgan fingerprint density at radius 1 is 1.27 bits per heavy atom. The molecule has 0 N–H and O–H groups in total. The summed E-state index contributed by atoms with van der Waals surface area (Å²) in [7, 11) is 1.85. The average Bonchev–Trinajstić information content (AvgIpc) is 2.24. The summed E-state index contributed by atoms with van der Waals surface area (Å²) in [5.41, 5.74) is 3.76. The summed E-state index contributed by atoms with van der Waals surface area (Å²) in [6.07, 6.45) is 0.568. The Bertz CT molecular complexity index is 358. The summed E-state index contributed by atoms with van der Waals surface area (Å²) < 4.78 is 0. The summed E-state index contributed by atoms with van der Waals surface area (Å²) in [5, 5.41) is 0. The van der Waals surface area contributed by atoms with Crippen LogP contribution in [0.2, 0.25) is 0 Å². The fraction of sp³-hybridized carbons (Fsp3) is 0.462. The Morgan fingerprint density at radius 2 is 1.93 bits per heavy atom. The van der Waals surface area contributed by atoms with Crippen LogP contribution in [0.25, 0.3) is 0 Å². The Labute approximate surface area is 91.9 Å². The Morgan fingerprint density at radius 3 is 2.60 bits per heavy atom. The van der Waals surface area contributed by atoms with Gasteiger partial charge in [0.2, 0.25) is 5.91 Å². The maximum Gasteiger partial charge on any atom is 0.227 e. The van der Waals surface area contributed by atoms with Gasteiger partial charge >= 0.3 is 0 Å². The normalized spacial score (nSPS) is 14.1. The van der Waals surface area contributed by atoms with Gasteiger partial charge in [0.05, 0.1) is 6.42 Å². The molecule has 15 heavy (non-hydrogen) atoms. The van der Waals surface area contributed by atoms with E-state index in [-0.39, 0.29) is 5.91 Å². The van der Waals surface area contributed by atoms with Gasteiger partial charge in [-0.15, -0.1) is 0 Å². The van der Waals surface area contributed by atoms with Gasteiger partial charge in [-0.3, -0.25) is 4.79 Å². The minimum Gasteiger partial charge on any atom is -0.341 e. The molecule has 0 saturated heterocycles. The lowest BCUT2D eigenvalue weighted by Crippen LogP contribution is -2.33. The molecule has 0 unspecified atom stereocenters. The number of carbonyl (C=O) groups excluding carboxylic acids is 1. The Hall–Kier alpha value is -1.31.